The van der Waals surface area contributed by atoms with Crippen molar-refractivity contribution in [3.05, 3.63) is 53.1 Å². The molecule has 4 nitrogen and oxygen atoms in total. The summed E-state index contributed by atoms with van der Waals surface area (Å²) in [5.74, 6) is -0.156. The zero-order chi connectivity index (χ0) is 17.3. The summed E-state index contributed by atoms with van der Waals surface area (Å²) in [6.07, 6.45) is -4.91. The first kappa shape index (κ1) is 17.4. The summed E-state index contributed by atoms with van der Waals surface area (Å²) in [5, 5.41) is -0.242. The molecule has 9 heteroatoms. The molecule has 0 spiro atoms. The van der Waals surface area contributed by atoms with E-state index in [1.165, 1.54) is 25.3 Å². The number of para-hydroxylation sites is 2. The lowest BCUT2D eigenvalue weighted by atomic mass is 10.2. The number of hydrogen-bond donors (Lipinski definition) is 0. The lowest BCUT2D eigenvalue weighted by Crippen LogP contribution is -2.17. The van der Waals surface area contributed by atoms with Crippen molar-refractivity contribution in [3.63, 3.8) is 0 Å². The van der Waals surface area contributed by atoms with Crippen molar-refractivity contribution >= 4 is 21.7 Å². The Morgan fingerprint density at radius 1 is 1.04 bits per heavy atom. The second-order valence-corrected chi connectivity index (χ2v) is 6.28. The maximum absolute atomic E-state index is 13.0. The number of hydrogen-bond acceptors (Lipinski definition) is 4. The monoisotopic (exact) mass is 366 g/mol. The lowest BCUT2D eigenvalue weighted by molar-refractivity contribution is -0.139. The molecule has 0 aliphatic carbocycles. The van der Waals surface area contributed by atoms with Crippen LogP contribution in [0.2, 0.25) is 5.02 Å². The normalized spacial score (nSPS) is 12.0. The minimum Gasteiger partial charge on any atom is -0.493 e. The highest BCUT2D eigenvalue weighted by molar-refractivity contribution is 7.87. The average molecular weight is 367 g/mol. The summed E-state index contributed by atoms with van der Waals surface area (Å²) in [5.41, 5.74) is -1.40. The number of ether oxygens (including phenoxy) is 1. The van der Waals surface area contributed by atoms with Gasteiger partial charge in [0, 0.05) is 5.02 Å². The van der Waals surface area contributed by atoms with Crippen LogP contribution in [0.25, 0.3) is 0 Å². The quantitative estimate of drug-likeness (QED) is 0.763. The molecule has 0 saturated heterocycles. The van der Waals surface area contributed by atoms with Crippen molar-refractivity contribution in [2.75, 3.05) is 7.11 Å². The van der Waals surface area contributed by atoms with Crippen molar-refractivity contribution in [3.8, 4) is 11.5 Å². The Morgan fingerprint density at radius 2 is 1.65 bits per heavy atom. The highest BCUT2D eigenvalue weighted by Crippen LogP contribution is 2.37. The fourth-order valence-corrected chi connectivity index (χ4v) is 3.11. The highest BCUT2D eigenvalue weighted by Gasteiger charge is 2.38. The van der Waals surface area contributed by atoms with Gasteiger partial charge in [0.1, 0.15) is 4.90 Å². The van der Waals surface area contributed by atoms with Gasteiger partial charge in [-0.2, -0.15) is 21.6 Å². The number of alkyl halides is 3. The first-order valence-electron chi connectivity index (χ1n) is 6.09. The SMILES string of the molecule is COc1ccccc1OS(=O)(=O)c1ccc(Cl)cc1C(F)(F)F. The third kappa shape index (κ3) is 3.89. The zero-order valence-electron chi connectivity index (χ0n) is 11.6. The fraction of sp³-hybridized carbons (Fsp3) is 0.143. The van der Waals surface area contributed by atoms with Crippen molar-refractivity contribution in [1.29, 1.82) is 0 Å². The Kier molecular flexibility index (Phi) is 4.76. The second kappa shape index (κ2) is 6.29. The van der Waals surface area contributed by atoms with Crippen molar-refractivity contribution < 1.29 is 30.5 Å². The number of methoxy groups -OCH3 is 1. The number of halogens is 4. The van der Waals surface area contributed by atoms with E-state index in [1.54, 1.807) is 6.07 Å². The molecular weight excluding hydrogens is 357 g/mol. The number of benzene rings is 2. The van der Waals surface area contributed by atoms with Crippen molar-refractivity contribution in [2.45, 2.75) is 11.1 Å². The summed E-state index contributed by atoms with van der Waals surface area (Å²) in [7, 11) is -3.46. The van der Waals surface area contributed by atoms with E-state index in [0.717, 1.165) is 12.1 Å². The molecule has 0 N–H and O–H groups in total. The minimum atomic E-state index is -4.91. The van der Waals surface area contributed by atoms with E-state index in [0.29, 0.717) is 6.07 Å². The predicted octanol–water partition coefficient (Wildman–Crippen LogP) is 4.14. The first-order chi connectivity index (χ1) is 10.6. The molecule has 23 heavy (non-hydrogen) atoms. The Balaban J connectivity index is 2.53. The highest BCUT2D eigenvalue weighted by atomic mass is 35.5. The van der Waals surface area contributed by atoms with Gasteiger partial charge >= 0.3 is 16.3 Å². The molecule has 2 aromatic carbocycles. The van der Waals surface area contributed by atoms with Gasteiger partial charge in [0.05, 0.1) is 12.7 Å². The molecular formula is C14H10ClF3O4S. The predicted molar refractivity (Wildman–Crippen MR) is 77.3 cm³/mol. The van der Waals surface area contributed by atoms with Crippen LogP contribution < -0.4 is 8.92 Å². The maximum Gasteiger partial charge on any atom is 0.417 e. The van der Waals surface area contributed by atoms with Crippen LogP contribution in [0.5, 0.6) is 11.5 Å². The van der Waals surface area contributed by atoms with E-state index in [2.05, 4.69) is 0 Å². The fourth-order valence-electron chi connectivity index (χ4n) is 1.79. The molecule has 0 aliphatic rings. The molecule has 2 rings (SSSR count). The van der Waals surface area contributed by atoms with Gasteiger partial charge in [0.2, 0.25) is 0 Å². The average Bonchev–Trinajstić information content (AvgIpc) is 2.46. The van der Waals surface area contributed by atoms with Crippen LogP contribution in [-0.2, 0) is 16.3 Å². The summed E-state index contributed by atoms with van der Waals surface area (Å²) >= 11 is 5.53. The molecule has 0 heterocycles. The molecule has 0 radical (unpaired) electrons. The molecule has 0 atom stereocenters. The molecule has 0 unspecified atom stereocenters. The van der Waals surface area contributed by atoms with E-state index >= 15 is 0 Å². The van der Waals surface area contributed by atoms with Crippen LogP contribution in [-0.4, -0.2) is 15.5 Å². The Hall–Kier alpha value is -1.93. The molecule has 0 aliphatic heterocycles. The Bertz CT molecular complexity index is 819. The summed E-state index contributed by atoms with van der Waals surface area (Å²) in [4.78, 5) is -1.03. The summed E-state index contributed by atoms with van der Waals surface area (Å²) in [6.45, 7) is 0. The maximum atomic E-state index is 13.0. The lowest BCUT2D eigenvalue weighted by Gasteiger charge is -2.15. The number of rotatable bonds is 4. The van der Waals surface area contributed by atoms with Gasteiger partial charge in [0.25, 0.3) is 0 Å². The molecule has 124 valence electrons. The first-order valence-corrected chi connectivity index (χ1v) is 7.88. The molecule has 0 fully saturated rings. The topological polar surface area (TPSA) is 52.6 Å². The Labute approximate surface area is 135 Å². The van der Waals surface area contributed by atoms with Gasteiger partial charge in [-0.05, 0) is 30.3 Å². The van der Waals surface area contributed by atoms with E-state index < -0.39 is 26.8 Å². The standard InChI is InChI=1S/C14H10ClF3O4S/c1-21-11-4-2-3-5-12(11)22-23(19,20)13-7-6-9(15)8-10(13)14(16,17)18/h2-8H,1H3. The van der Waals surface area contributed by atoms with E-state index in [4.69, 9.17) is 20.5 Å². The van der Waals surface area contributed by atoms with Gasteiger partial charge < -0.3 is 8.92 Å². The molecule has 0 aromatic heterocycles. The molecule has 0 amide bonds. The van der Waals surface area contributed by atoms with Crippen LogP contribution in [0.4, 0.5) is 13.2 Å². The molecule has 2 aromatic rings. The second-order valence-electron chi connectivity index (χ2n) is 4.33. The van der Waals surface area contributed by atoms with Gasteiger partial charge in [-0.15, -0.1) is 0 Å². The van der Waals surface area contributed by atoms with Gasteiger partial charge in [0.15, 0.2) is 11.5 Å². The minimum absolute atomic E-state index is 0.0681. The third-order valence-electron chi connectivity index (χ3n) is 2.78. The van der Waals surface area contributed by atoms with Crippen LogP contribution in [0.1, 0.15) is 5.56 Å². The Morgan fingerprint density at radius 3 is 2.22 bits per heavy atom. The summed E-state index contributed by atoms with van der Waals surface area (Å²) in [6, 6.07) is 8.00. The largest absolute Gasteiger partial charge is 0.493 e. The van der Waals surface area contributed by atoms with Gasteiger partial charge in [-0.3, -0.25) is 0 Å². The van der Waals surface area contributed by atoms with E-state index in [9.17, 15) is 21.6 Å². The van der Waals surface area contributed by atoms with E-state index in [1.807, 2.05) is 0 Å². The van der Waals surface area contributed by atoms with E-state index in [-0.39, 0.29) is 16.5 Å². The van der Waals surface area contributed by atoms with Crippen LogP contribution in [0, 0.1) is 0 Å². The zero-order valence-corrected chi connectivity index (χ0v) is 13.2. The van der Waals surface area contributed by atoms with Crippen LogP contribution in [0.15, 0.2) is 47.4 Å². The van der Waals surface area contributed by atoms with Gasteiger partial charge in [-0.25, -0.2) is 0 Å². The molecule has 0 saturated carbocycles. The van der Waals surface area contributed by atoms with Crippen LogP contribution >= 0.6 is 11.6 Å². The third-order valence-corrected chi connectivity index (χ3v) is 4.31. The van der Waals surface area contributed by atoms with Gasteiger partial charge in [-0.1, -0.05) is 23.7 Å². The summed E-state index contributed by atoms with van der Waals surface area (Å²) < 4.78 is 73.3. The van der Waals surface area contributed by atoms with Crippen molar-refractivity contribution in [2.24, 2.45) is 0 Å². The smallest absolute Gasteiger partial charge is 0.417 e. The van der Waals surface area contributed by atoms with Crippen molar-refractivity contribution in [1.82, 2.24) is 0 Å². The van der Waals surface area contributed by atoms with Crippen LogP contribution in [0.3, 0.4) is 0 Å². The molecule has 0 bridgehead atoms.